The van der Waals surface area contributed by atoms with Crippen molar-refractivity contribution < 1.29 is 19.2 Å². The first-order valence-corrected chi connectivity index (χ1v) is 7.58. The first-order chi connectivity index (χ1) is 11.8. The lowest BCUT2D eigenvalue weighted by molar-refractivity contribution is -0.385. The van der Waals surface area contributed by atoms with Crippen LogP contribution < -0.4 is 5.32 Å². The lowest BCUT2D eigenvalue weighted by Gasteiger charge is -2.09. The molecule has 0 saturated heterocycles. The van der Waals surface area contributed by atoms with E-state index in [0.717, 1.165) is 11.1 Å². The maximum Gasteiger partial charge on any atom is 0.345 e. The van der Waals surface area contributed by atoms with Crippen LogP contribution in [0, 0.1) is 30.9 Å². The molecule has 0 aromatic heterocycles. The zero-order valence-electron chi connectivity index (χ0n) is 14.2. The number of nitrogens with zero attached hydrogens (tertiary/aromatic N) is 1. The summed E-state index contributed by atoms with van der Waals surface area (Å²) in [6.07, 6.45) is 0. The molecule has 0 saturated carbocycles. The average molecular weight is 342 g/mol. The number of carbonyl (C=O) groups excluding carboxylic acids is 2. The van der Waals surface area contributed by atoms with E-state index >= 15 is 0 Å². The highest BCUT2D eigenvalue weighted by Gasteiger charge is 2.24. The third-order valence-electron chi connectivity index (χ3n) is 3.77. The maximum atomic E-state index is 12.1. The van der Waals surface area contributed by atoms with Gasteiger partial charge in [0.2, 0.25) is 0 Å². The molecule has 0 unspecified atom stereocenters. The highest BCUT2D eigenvalue weighted by atomic mass is 16.6. The predicted molar refractivity (Wildman–Crippen MR) is 92.7 cm³/mol. The number of nitro benzene ring substituents is 1. The summed E-state index contributed by atoms with van der Waals surface area (Å²) >= 11 is 0. The van der Waals surface area contributed by atoms with E-state index in [0.29, 0.717) is 11.3 Å². The number of nitrogens with one attached hydrogen (secondary N) is 1. The van der Waals surface area contributed by atoms with Gasteiger partial charge in [-0.1, -0.05) is 18.2 Å². The number of benzene rings is 2. The third-order valence-corrected chi connectivity index (χ3v) is 3.77. The van der Waals surface area contributed by atoms with Gasteiger partial charge in [-0.25, -0.2) is 4.79 Å². The van der Waals surface area contributed by atoms with Crippen molar-refractivity contribution in [3.63, 3.8) is 0 Å². The second kappa shape index (κ2) is 7.57. The summed E-state index contributed by atoms with van der Waals surface area (Å²) in [6.45, 7) is 4.87. The summed E-state index contributed by atoms with van der Waals surface area (Å²) in [7, 11) is 0. The van der Waals surface area contributed by atoms with Crippen molar-refractivity contribution >= 4 is 23.3 Å². The van der Waals surface area contributed by atoms with Crippen molar-refractivity contribution in [2.24, 2.45) is 0 Å². The van der Waals surface area contributed by atoms with Gasteiger partial charge in [0.05, 0.1) is 4.92 Å². The fraction of sp³-hybridized carbons (Fsp3) is 0.222. The molecule has 0 atom stereocenters. The number of amides is 1. The lowest BCUT2D eigenvalue weighted by atomic mass is 10.1. The van der Waals surface area contributed by atoms with Crippen LogP contribution in [0.1, 0.15) is 27.0 Å². The molecule has 0 aliphatic rings. The molecule has 1 amide bonds. The molecule has 0 radical (unpaired) electrons. The van der Waals surface area contributed by atoms with E-state index in [1.54, 1.807) is 12.1 Å². The molecule has 2 aromatic carbocycles. The molecule has 0 aliphatic heterocycles. The molecule has 0 heterocycles. The predicted octanol–water partition coefficient (Wildman–Crippen LogP) is 3.32. The van der Waals surface area contributed by atoms with Gasteiger partial charge in [0.25, 0.3) is 11.6 Å². The Kier molecular flexibility index (Phi) is 5.49. The van der Waals surface area contributed by atoms with Crippen LogP contribution in [0.3, 0.4) is 0 Å². The molecule has 1 N–H and O–H groups in total. The number of ether oxygens (including phenoxy) is 1. The van der Waals surface area contributed by atoms with E-state index in [2.05, 4.69) is 5.32 Å². The normalized spacial score (nSPS) is 10.2. The molecule has 0 bridgehead atoms. The van der Waals surface area contributed by atoms with Crippen LogP contribution in [0.25, 0.3) is 0 Å². The van der Waals surface area contributed by atoms with Crippen molar-refractivity contribution in [2.45, 2.75) is 20.8 Å². The van der Waals surface area contributed by atoms with Crippen LogP contribution in [0.15, 0.2) is 36.4 Å². The Morgan fingerprint density at radius 3 is 2.44 bits per heavy atom. The Morgan fingerprint density at radius 1 is 1.08 bits per heavy atom. The van der Waals surface area contributed by atoms with E-state index in [9.17, 15) is 19.7 Å². The zero-order valence-corrected chi connectivity index (χ0v) is 14.2. The van der Waals surface area contributed by atoms with E-state index in [-0.39, 0.29) is 11.3 Å². The maximum absolute atomic E-state index is 12.1. The Labute approximate surface area is 144 Å². The minimum Gasteiger partial charge on any atom is -0.452 e. The second-order valence-corrected chi connectivity index (χ2v) is 5.65. The first kappa shape index (κ1) is 18.1. The molecule has 25 heavy (non-hydrogen) atoms. The molecule has 7 nitrogen and oxygen atoms in total. The van der Waals surface area contributed by atoms with E-state index in [1.165, 1.54) is 25.1 Å². The van der Waals surface area contributed by atoms with Crippen molar-refractivity contribution in [3.05, 3.63) is 68.8 Å². The van der Waals surface area contributed by atoms with Crippen molar-refractivity contribution in [1.29, 1.82) is 0 Å². The van der Waals surface area contributed by atoms with Gasteiger partial charge in [-0.05, 0) is 50.1 Å². The fourth-order valence-corrected chi connectivity index (χ4v) is 2.29. The van der Waals surface area contributed by atoms with E-state index < -0.39 is 23.4 Å². The van der Waals surface area contributed by atoms with Gasteiger partial charge < -0.3 is 10.1 Å². The molecule has 2 rings (SSSR count). The lowest BCUT2D eigenvalue weighted by Crippen LogP contribution is -2.21. The Hall–Kier alpha value is -3.22. The van der Waals surface area contributed by atoms with Crippen LogP contribution >= 0.6 is 0 Å². The molecular weight excluding hydrogens is 324 g/mol. The summed E-state index contributed by atoms with van der Waals surface area (Å²) in [5.74, 6) is -1.43. The summed E-state index contributed by atoms with van der Waals surface area (Å²) in [6, 6.07) is 9.77. The molecule has 2 aromatic rings. The first-order valence-electron chi connectivity index (χ1n) is 7.58. The number of hydrogen-bond acceptors (Lipinski definition) is 5. The number of carbonyl (C=O) groups is 2. The Morgan fingerprint density at radius 2 is 1.80 bits per heavy atom. The van der Waals surface area contributed by atoms with Crippen LogP contribution in [-0.2, 0) is 9.53 Å². The summed E-state index contributed by atoms with van der Waals surface area (Å²) in [5, 5.41) is 13.7. The van der Waals surface area contributed by atoms with Crippen molar-refractivity contribution in [2.75, 3.05) is 11.9 Å². The van der Waals surface area contributed by atoms with E-state index in [1.807, 2.05) is 19.9 Å². The zero-order chi connectivity index (χ0) is 18.6. The van der Waals surface area contributed by atoms with Gasteiger partial charge in [0, 0.05) is 11.3 Å². The van der Waals surface area contributed by atoms with Crippen LogP contribution in [0.4, 0.5) is 11.4 Å². The third kappa shape index (κ3) is 4.41. The number of nitro groups is 1. The quantitative estimate of drug-likeness (QED) is 0.510. The largest absolute Gasteiger partial charge is 0.452 e. The van der Waals surface area contributed by atoms with Gasteiger partial charge in [0.15, 0.2) is 6.61 Å². The minimum absolute atomic E-state index is 0.177. The van der Waals surface area contributed by atoms with Crippen molar-refractivity contribution in [3.8, 4) is 0 Å². The fourth-order valence-electron chi connectivity index (χ4n) is 2.29. The van der Waals surface area contributed by atoms with Gasteiger partial charge in [-0.15, -0.1) is 0 Å². The molecular formula is C18H18N2O5. The smallest absolute Gasteiger partial charge is 0.345 e. The average Bonchev–Trinajstić information content (AvgIpc) is 2.55. The van der Waals surface area contributed by atoms with Crippen LogP contribution in [0.2, 0.25) is 0 Å². The molecule has 0 fully saturated rings. The number of hydrogen-bond donors (Lipinski definition) is 1. The molecule has 130 valence electrons. The van der Waals surface area contributed by atoms with Crippen molar-refractivity contribution in [1.82, 2.24) is 0 Å². The number of para-hydroxylation sites is 1. The SMILES string of the molecule is Cc1ccc(NC(=O)COC(=O)c2cccc(C)c2[N+](=O)[O-])cc1C. The molecule has 0 aliphatic carbocycles. The van der Waals surface area contributed by atoms with Gasteiger partial charge in [-0.3, -0.25) is 14.9 Å². The topological polar surface area (TPSA) is 98.5 Å². The van der Waals surface area contributed by atoms with E-state index in [4.69, 9.17) is 4.74 Å². The highest BCUT2D eigenvalue weighted by Crippen LogP contribution is 2.23. The number of rotatable bonds is 5. The highest BCUT2D eigenvalue weighted by molar-refractivity contribution is 5.97. The van der Waals surface area contributed by atoms with Gasteiger partial charge >= 0.3 is 5.97 Å². The number of aryl methyl sites for hydroxylation is 3. The van der Waals surface area contributed by atoms with Gasteiger partial charge in [0.1, 0.15) is 5.56 Å². The Balaban J connectivity index is 2.02. The number of anilines is 1. The summed E-state index contributed by atoms with van der Waals surface area (Å²) < 4.78 is 4.91. The van der Waals surface area contributed by atoms with Gasteiger partial charge in [-0.2, -0.15) is 0 Å². The summed E-state index contributed by atoms with van der Waals surface area (Å²) in [5.41, 5.74) is 2.55. The van der Waals surface area contributed by atoms with Crippen LogP contribution in [0.5, 0.6) is 0 Å². The molecule has 0 spiro atoms. The van der Waals surface area contributed by atoms with Crippen LogP contribution in [-0.4, -0.2) is 23.4 Å². The second-order valence-electron chi connectivity index (χ2n) is 5.65. The monoisotopic (exact) mass is 342 g/mol. The standard InChI is InChI=1S/C18H18N2O5/c1-11-7-8-14(9-13(11)3)19-16(21)10-25-18(22)15-6-4-5-12(2)17(15)20(23)24/h4-9H,10H2,1-3H3,(H,19,21). The summed E-state index contributed by atoms with van der Waals surface area (Å²) in [4.78, 5) is 34.4. The number of esters is 1. The molecule has 7 heteroatoms. The Bertz CT molecular complexity index is 845. The minimum atomic E-state index is -0.911.